The largest absolute Gasteiger partial charge is 0.481 e. The number of aromatic nitrogens is 1. The van der Waals surface area contributed by atoms with Crippen LogP contribution in [0.2, 0.25) is 5.02 Å². The SMILES string of the molecule is O=C(NC1CCCC1C(=O)O)c1cc(Cl)c[nH]1. The fraction of sp³-hybridized carbons (Fsp3) is 0.455. The van der Waals surface area contributed by atoms with Gasteiger partial charge in [-0.05, 0) is 18.9 Å². The Balaban J connectivity index is 2.01. The van der Waals surface area contributed by atoms with Gasteiger partial charge in [-0.3, -0.25) is 9.59 Å². The van der Waals surface area contributed by atoms with E-state index in [2.05, 4.69) is 10.3 Å². The Bertz CT molecular complexity index is 444. The predicted molar refractivity (Wildman–Crippen MR) is 62.0 cm³/mol. The smallest absolute Gasteiger partial charge is 0.308 e. The highest BCUT2D eigenvalue weighted by atomic mass is 35.5. The molecular weight excluding hydrogens is 244 g/mol. The lowest BCUT2D eigenvalue weighted by molar-refractivity contribution is -0.142. The highest BCUT2D eigenvalue weighted by Gasteiger charge is 2.34. The molecule has 2 atom stereocenters. The number of halogens is 1. The van der Waals surface area contributed by atoms with Crippen molar-refractivity contribution in [3.05, 3.63) is 23.0 Å². The third-order valence-corrected chi connectivity index (χ3v) is 3.26. The van der Waals surface area contributed by atoms with Crippen LogP contribution < -0.4 is 5.32 Å². The van der Waals surface area contributed by atoms with Gasteiger partial charge in [-0.15, -0.1) is 0 Å². The van der Waals surface area contributed by atoms with E-state index in [1.807, 2.05) is 0 Å². The molecule has 0 aliphatic heterocycles. The second-order valence-electron chi connectivity index (χ2n) is 4.19. The third kappa shape index (κ3) is 2.61. The molecule has 0 aromatic carbocycles. The molecule has 1 aromatic heterocycles. The summed E-state index contributed by atoms with van der Waals surface area (Å²) in [5, 5.41) is 12.2. The topological polar surface area (TPSA) is 82.2 Å². The first-order valence-corrected chi connectivity index (χ1v) is 5.83. The molecule has 0 radical (unpaired) electrons. The van der Waals surface area contributed by atoms with Crippen LogP contribution in [0, 0.1) is 5.92 Å². The van der Waals surface area contributed by atoms with E-state index in [1.54, 1.807) is 0 Å². The first-order chi connectivity index (χ1) is 8.08. The Morgan fingerprint density at radius 3 is 2.82 bits per heavy atom. The normalized spacial score (nSPS) is 23.6. The van der Waals surface area contributed by atoms with Gasteiger partial charge in [0.1, 0.15) is 5.69 Å². The van der Waals surface area contributed by atoms with Gasteiger partial charge >= 0.3 is 5.97 Å². The van der Waals surface area contributed by atoms with Crippen LogP contribution in [-0.2, 0) is 4.79 Å². The van der Waals surface area contributed by atoms with Crippen molar-refractivity contribution in [2.75, 3.05) is 0 Å². The summed E-state index contributed by atoms with van der Waals surface area (Å²) in [6, 6.07) is 1.23. The molecule has 3 N–H and O–H groups in total. The first kappa shape index (κ1) is 12.0. The molecule has 5 nitrogen and oxygen atoms in total. The van der Waals surface area contributed by atoms with Gasteiger partial charge in [-0.1, -0.05) is 18.0 Å². The van der Waals surface area contributed by atoms with Crippen molar-refractivity contribution in [3.63, 3.8) is 0 Å². The van der Waals surface area contributed by atoms with Gasteiger partial charge in [0.25, 0.3) is 5.91 Å². The van der Waals surface area contributed by atoms with Gasteiger partial charge in [-0.25, -0.2) is 0 Å². The van der Waals surface area contributed by atoms with E-state index in [0.717, 1.165) is 6.42 Å². The number of carboxylic acids is 1. The summed E-state index contributed by atoms with van der Waals surface area (Å²) < 4.78 is 0. The lowest BCUT2D eigenvalue weighted by Crippen LogP contribution is -2.40. The van der Waals surface area contributed by atoms with Crippen molar-refractivity contribution in [1.82, 2.24) is 10.3 Å². The van der Waals surface area contributed by atoms with E-state index < -0.39 is 11.9 Å². The zero-order valence-corrected chi connectivity index (χ0v) is 9.83. The number of rotatable bonds is 3. The van der Waals surface area contributed by atoms with Gasteiger partial charge in [0, 0.05) is 12.2 Å². The maximum atomic E-state index is 11.8. The van der Waals surface area contributed by atoms with Gasteiger partial charge in [0.15, 0.2) is 0 Å². The first-order valence-electron chi connectivity index (χ1n) is 5.45. The number of carboxylic acid groups (broad SMARTS) is 1. The molecule has 1 aliphatic rings. The summed E-state index contributed by atoms with van der Waals surface area (Å²) in [5.41, 5.74) is 0.353. The zero-order valence-electron chi connectivity index (χ0n) is 9.07. The minimum atomic E-state index is -0.850. The summed E-state index contributed by atoms with van der Waals surface area (Å²) in [4.78, 5) is 25.5. The molecule has 1 aromatic rings. The number of amides is 1. The molecular formula is C11H13ClN2O3. The van der Waals surface area contributed by atoms with E-state index in [4.69, 9.17) is 16.7 Å². The maximum absolute atomic E-state index is 11.8. The number of hydrogen-bond acceptors (Lipinski definition) is 2. The van der Waals surface area contributed by atoms with Crippen LogP contribution in [0.1, 0.15) is 29.8 Å². The lowest BCUT2D eigenvalue weighted by Gasteiger charge is -2.16. The standard InChI is InChI=1S/C11H13ClN2O3/c12-6-4-9(13-5-6)10(15)14-8-3-1-2-7(8)11(16)17/h4-5,7-8,13H,1-3H2,(H,14,15)(H,16,17). The molecule has 2 unspecified atom stereocenters. The van der Waals surface area contributed by atoms with E-state index in [9.17, 15) is 9.59 Å². The van der Waals surface area contributed by atoms with Gasteiger partial charge in [-0.2, -0.15) is 0 Å². The van der Waals surface area contributed by atoms with Crippen molar-refractivity contribution >= 4 is 23.5 Å². The lowest BCUT2D eigenvalue weighted by atomic mass is 10.0. The molecule has 92 valence electrons. The predicted octanol–water partition coefficient (Wildman–Crippen LogP) is 1.65. The number of carbonyl (C=O) groups excluding carboxylic acids is 1. The number of carbonyl (C=O) groups is 2. The minimum Gasteiger partial charge on any atom is -0.481 e. The number of nitrogens with one attached hydrogen (secondary N) is 2. The summed E-state index contributed by atoms with van der Waals surface area (Å²) in [6.45, 7) is 0. The van der Waals surface area contributed by atoms with Gasteiger partial charge < -0.3 is 15.4 Å². The molecule has 1 aliphatic carbocycles. The van der Waals surface area contributed by atoms with Crippen LogP contribution in [0.4, 0.5) is 0 Å². The average Bonchev–Trinajstić information content (AvgIpc) is 2.86. The van der Waals surface area contributed by atoms with E-state index in [0.29, 0.717) is 23.6 Å². The molecule has 6 heteroatoms. The third-order valence-electron chi connectivity index (χ3n) is 3.04. The summed E-state index contributed by atoms with van der Waals surface area (Å²) in [5.74, 6) is -1.64. The molecule has 0 bridgehead atoms. The van der Waals surface area contributed by atoms with E-state index in [-0.39, 0.29) is 11.9 Å². The van der Waals surface area contributed by atoms with Crippen molar-refractivity contribution in [1.29, 1.82) is 0 Å². The zero-order chi connectivity index (χ0) is 12.4. The monoisotopic (exact) mass is 256 g/mol. The Hall–Kier alpha value is -1.49. The molecule has 2 rings (SSSR count). The molecule has 0 saturated heterocycles. The Morgan fingerprint density at radius 1 is 1.47 bits per heavy atom. The summed E-state index contributed by atoms with van der Waals surface area (Å²) >= 11 is 5.69. The van der Waals surface area contributed by atoms with Crippen LogP contribution in [-0.4, -0.2) is 28.0 Å². The van der Waals surface area contributed by atoms with E-state index >= 15 is 0 Å². The van der Waals surface area contributed by atoms with Crippen molar-refractivity contribution in [2.24, 2.45) is 5.92 Å². The maximum Gasteiger partial charge on any atom is 0.308 e. The van der Waals surface area contributed by atoms with Gasteiger partial charge in [0.2, 0.25) is 0 Å². The number of H-pyrrole nitrogens is 1. The fourth-order valence-electron chi connectivity index (χ4n) is 2.17. The van der Waals surface area contributed by atoms with Crippen molar-refractivity contribution in [3.8, 4) is 0 Å². The van der Waals surface area contributed by atoms with Crippen molar-refractivity contribution in [2.45, 2.75) is 25.3 Å². The highest BCUT2D eigenvalue weighted by molar-refractivity contribution is 6.30. The molecule has 1 saturated carbocycles. The van der Waals surface area contributed by atoms with Crippen LogP contribution in [0.25, 0.3) is 0 Å². The number of aliphatic carboxylic acids is 1. The molecule has 1 heterocycles. The molecule has 0 spiro atoms. The van der Waals surface area contributed by atoms with Crippen LogP contribution in [0.5, 0.6) is 0 Å². The number of aromatic amines is 1. The Labute approximate surface area is 103 Å². The summed E-state index contributed by atoms with van der Waals surface area (Å²) in [7, 11) is 0. The van der Waals surface area contributed by atoms with E-state index in [1.165, 1.54) is 12.3 Å². The highest BCUT2D eigenvalue weighted by Crippen LogP contribution is 2.26. The minimum absolute atomic E-state index is 0.290. The average molecular weight is 257 g/mol. The summed E-state index contributed by atoms with van der Waals surface area (Å²) in [6.07, 6.45) is 3.66. The number of hydrogen-bond donors (Lipinski definition) is 3. The second-order valence-corrected chi connectivity index (χ2v) is 4.62. The van der Waals surface area contributed by atoms with Gasteiger partial charge in [0.05, 0.1) is 10.9 Å². The fourth-order valence-corrected chi connectivity index (χ4v) is 2.34. The Kier molecular flexibility index (Phi) is 3.38. The van der Waals surface area contributed by atoms with Crippen molar-refractivity contribution < 1.29 is 14.7 Å². The van der Waals surface area contributed by atoms with Crippen LogP contribution in [0.3, 0.4) is 0 Å². The molecule has 17 heavy (non-hydrogen) atoms. The molecule has 1 amide bonds. The van der Waals surface area contributed by atoms with Crippen LogP contribution in [0.15, 0.2) is 12.3 Å². The molecule has 1 fully saturated rings. The quantitative estimate of drug-likeness (QED) is 0.769. The Morgan fingerprint density at radius 2 is 2.24 bits per heavy atom. The van der Waals surface area contributed by atoms with Crippen LogP contribution >= 0.6 is 11.6 Å². The second kappa shape index (κ2) is 4.79.